The predicted molar refractivity (Wildman–Crippen MR) is 129 cm³/mol. The van der Waals surface area contributed by atoms with Gasteiger partial charge in [0.1, 0.15) is 0 Å². The third-order valence-corrected chi connectivity index (χ3v) is 5.71. The van der Waals surface area contributed by atoms with E-state index in [-0.39, 0.29) is 0 Å². The maximum atomic E-state index is 5.54. The summed E-state index contributed by atoms with van der Waals surface area (Å²) in [5.74, 6) is 0.639. The van der Waals surface area contributed by atoms with Crippen LogP contribution in [0.25, 0.3) is 27.8 Å². The Morgan fingerprint density at radius 2 is 1.94 bits per heavy atom. The van der Waals surface area contributed by atoms with E-state index < -0.39 is 0 Å². The first-order chi connectivity index (χ1) is 16.3. The Balaban J connectivity index is 1.34. The summed E-state index contributed by atoms with van der Waals surface area (Å²) in [6.45, 7) is 2.98. The number of fused-ring (bicyclic) bond motifs is 2. The zero-order valence-corrected chi connectivity index (χ0v) is 17.8. The van der Waals surface area contributed by atoms with E-state index in [1.807, 2.05) is 47.2 Å². The molecule has 5 heterocycles. The van der Waals surface area contributed by atoms with Gasteiger partial charge >= 0.3 is 0 Å². The zero-order valence-electron chi connectivity index (χ0n) is 17.8. The minimum atomic E-state index is 0.639. The van der Waals surface area contributed by atoms with Crippen LogP contribution in [0.15, 0.2) is 72.4 Å². The highest BCUT2D eigenvalue weighted by atomic mass is 16.5. The van der Waals surface area contributed by atoms with Crippen LogP contribution in [0.4, 0.5) is 11.5 Å². The largest absolute Gasteiger partial charge is 0.378 e. The molecule has 2 N–H and O–H groups in total. The lowest BCUT2D eigenvalue weighted by Gasteiger charge is -2.29. The van der Waals surface area contributed by atoms with Crippen molar-refractivity contribution < 1.29 is 4.74 Å². The highest BCUT2D eigenvalue weighted by molar-refractivity contribution is 5.89. The predicted octanol–water partition coefficient (Wildman–Crippen LogP) is 3.56. The third kappa shape index (κ3) is 3.90. The van der Waals surface area contributed by atoms with Crippen molar-refractivity contribution in [2.75, 3.05) is 36.6 Å². The molecule has 0 radical (unpaired) electrons. The standard InChI is InChI=1S/C24H22N8O/c1-2-18-5-8-26-20(18)13-17(1)15-27-29-23-14-22(31-9-11-33-12-10-31)24-28-21(16-32(24)30-23)19-3-6-25-7-4-19/h1-8,13-16,26H,9-12H2,(H,29,30). The Hall–Kier alpha value is -4.24. The summed E-state index contributed by atoms with van der Waals surface area (Å²) >= 11 is 0. The number of imidazole rings is 1. The molecule has 0 aliphatic carbocycles. The van der Waals surface area contributed by atoms with Crippen LogP contribution in [0.2, 0.25) is 0 Å². The molecule has 6 rings (SSSR count). The van der Waals surface area contributed by atoms with E-state index in [1.165, 1.54) is 5.39 Å². The number of anilines is 2. The molecule has 4 aromatic heterocycles. The van der Waals surface area contributed by atoms with Gasteiger partial charge in [-0.1, -0.05) is 12.1 Å². The van der Waals surface area contributed by atoms with Crippen LogP contribution < -0.4 is 10.3 Å². The molecule has 1 aliphatic heterocycles. The van der Waals surface area contributed by atoms with Crippen LogP contribution in [0, 0.1) is 0 Å². The molecule has 0 amide bonds. The van der Waals surface area contributed by atoms with Gasteiger partial charge < -0.3 is 14.6 Å². The molecular formula is C24H22N8O. The normalized spacial score (nSPS) is 14.5. The van der Waals surface area contributed by atoms with Crippen molar-refractivity contribution in [3.8, 4) is 11.3 Å². The Labute approximate surface area is 189 Å². The van der Waals surface area contributed by atoms with Crippen molar-refractivity contribution in [2.24, 2.45) is 5.10 Å². The lowest BCUT2D eigenvalue weighted by atomic mass is 10.2. The Morgan fingerprint density at radius 1 is 1.06 bits per heavy atom. The number of pyridine rings is 1. The number of nitrogens with one attached hydrogen (secondary N) is 2. The molecule has 0 atom stereocenters. The lowest BCUT2D eigenvalue weighted by Crippen LogP contribution is -2.36. The Kier molecular flexibility index (Phi) is 4.93. The summed E-state index contributed by atoms with van der Waals surface area (Å²) in [6.07, 6.45) is 9.19. The van der Waals surface area contributed by atoms with Crippen molar-refractivity contribution in [3.63, 3.8) is 0 Å². The zero-order chi connectivity index (χ0) is 22.0. The van der Waals surface area contributed by atoms with Crippen LogP contribution in [-0.4, -0.2) is 57.1 Å². The maximum Gasteiger partial charge on any atom is 0.177 e. The minimum absolute atomic E-state index is 0.639. The smallest absolute Gasteiger partial charge is 0.177 e. The summed E-state index contributed by atoms with van der Waals surface area (Å²) in [7, 11) is 0. The third-order valence-electron chi connectivity index (χ3n) is 5.71. The number of hydrogen-bond donors (Lipinski definition) is 2. The summed E-state index contributed by atoms with van der Waals surface area (Å²) in [5, 5.41) is 10.3. The number of morpholine rings is 1. The van der Waals surface area contributed by atoms with Crippen LogP contribution in [0.3, 0.4) is 0 Å². The molecule has 1 fully saturated rings. The number of aromatic amines is 1. The van der Waals surface area contributed by atoms with E-state index in [4.69, 9.17) is 14.8 Å². The van der Waals surface area contributed by atoms with Gasteiger partial charge in [0.2, 0.25) is 0 Å². The molecule has 9 heteroatoms. The van der Waals surface area contributed by atoms with E-state index >= 15 is 0 Å². The molecule has 9 nitrogen and oxygen atoms in total. The van der Waals surface area contributed by atoms with Crippen molar-refractivity contribution in [2.45, 2.75) is 0 Å². The summed E-state index contributed by atoms with van der Waals surface area (Å²) in [4.78, 5) is 14.5. The second-order valence-corrected chi connectivity index (χ2v) is 7.84. The number of benzene rings is 1. The monoisotopic (exact) mass is 438 g/mol. The molecule has 1 aromatic carbocycles. The Bertz CT molecular complexity index is 1430. The number of hydrazone groups is 1. The van der Waals surface area contributed by atoms with Crippen molar-refractivity contribution in [1.29, 1.82) is 0 Å². The Morgan fingerprint density at radius 3 is 2.82 bits per heavy atom. The fourth-order valence-electron chi connectivity index (χ4n) is 4.03. The highest BCUT2D eigenvalue weighted by Crippen LogP contribution is 2.27. The number of hydrogen-bond acceptors (Lipinski definition) is 7. The number of nitrogens with zero attached hydrogens (tertiary/aromatic N) is 6. The molecule has 0 bridgehead atoms. The van der Waals surface area contributed by atoms with E-state index in [1.54, 1.807) is 18.6 Å². The highest BCUT2D eigenvalue weighted by Gasteiger charge is 2.18. The summed E-state index contributed by atoms with van der Waals surface area (Å²) in [6, 6.07) is 14.1. The van der Waals surface area contributed by atoms with Gasteiger partial charge in [0.05, 0.1) is 37.0 Å². The molecule has 1 aliphatic rings. The van der Waals surface area contributed by atoms with E-state index in [0.29, 0.717) is 19.0 Å². The van der Waals surface area contributed by atoms with E-state index in [9.17, 15) is 0 Å². The van der Waals surface area contributed by atoms with Gasteiger partial charge in [-0.05, 0) is 35.2 Å². The van der Waals surface area contributed by atoms with Gasteiger partial charge in [-0.3, -0.25) is 10.4 Å². The van der Waals surface area contributed by atoms with Crippen molar-refractivity contribution >= 4 is 34.3 Å². The SMILES string of the molecule is C(=NNc1cc(N2CCOCC2)c2nc(-c3ccncc3)cn2n1)c1ccc2cc[nH]c2c1. The fraction of sp³-hybridized carbons (Fsp3) is 0.167. The number of rotatable bonds is 5. The molecule has 0 saturated carbocycles. The van der Waals surface area contributed by atoms with Gasteiger partial charge in [0, 0.05) is 48.8 Å². The van der Waals surface area contributed by atoms with Crippen molar-refractivity contribution in [3.05, 3.63) is 72.8 Å². The van der Waals surface area contributed by atoms with Gasteiger partial charge in [-0.25, -0.2) is 9.50 Å². The van der Waals surface area contributed by atoms with Gasteiger partial charge in [0.15, 0.2) is 11.5 Å². The van der Waals surface area contributed by atoms with Gasteiger partial charge in [-0.15, -0.1) is 5.10 Å². The first kappa shape index (κ1) is 19.4. The molecule has 164 valence electrons. The average Bonchev–Trinajstić information content (AvgIpc) is 3.51. The second kappa shape index (κ2) is 8.36. The van der Waals surface area contributed by atoms with Gasteiger partial charge in [0.25, 0.3) is 0 Å². The molecule has 33 heavy (non-hydrogen) atoms. The lowest BCUT2D eigenvalue weighted by molar-refractivity contribution is 0.123. The molecular weight excluding hydrogens is 416 g/mol. The van der Waals surface area contributed by atoms with E-state index in [0.717, 1.165) is 46.8 Å². The van der Waals surface area contributed by atoms with Gasteiger partial charge in [-0.2, -0.15) is 5.10 Å². The molecule has 0 spiro atoms. The van der Waals surface area contributed by atoms with Crippen LogP contribution in [0.5, 0.6) is 0 Å². The quantitative estimate of drug-likeness (QED) is 0.322. The average molecular weight is 438 g/mol. The number of ether oxygens (including phenoxy) is 1. The van der Waals surface area contributed by atoms with E-state index in [2.05, 4.69) is 37.5 Å². The topological polar surface area (TPSA) is 95.7 Å². The summed E-state index contributed by atoms with van der Waals surface area (Å²) < 4.78 is 7.35. The minimum Gasteiger partial charge on any atom is -0.378 e. The van der Waals surface area contributed by atoms with Crippen molar-refractivity contribution in [1.82, 2.24) is 24.6 Å². The molecule has 5 aromatic rings. The first-order valence-electron chi connectivity index (χ1n) is 10.8. The number of aromatic nitrogens is 5. The molecule has 1 saturated heterocycles. The maximum absolute atomic E-state index is 5.54. The van der Waals surface area contributed by atoms with Crippen LogP contribution in [-0.2, 0) is 4.74 Å². The fourth-order valence-corrected chi connectivity index (χ4v) is 4.03. The van der Waals surface area contributed by atoms with Crippen LogP contribution in [0.1, 0.15) is 5.56 Å². The van der Waals surface area contributed by atoms with Crippen LogP contribution >= 0.6 is 0 Å². The first-order valence-corrected chi connectivity index (χ1v) is 10.8. The second-order valence-electron chi connectivity index (χ2n) is 7.84. The summed E-state index contributed by atoms with van der Waals surface area (Å²) in [5.41, 5.74) is 8.80. The number of H-pyrrole nitrogens is 1. The molecule has 0 unspecified atom stereocenters.